The Morgan fingerprint density at radius 2 is 1.57 bits per heavy atom. The van der Waals surface area contributed by atoms with Crippen molar-refractivity contribution in [3.8, 4) is 0 Å². The van der Waals surface area contributed by atoms with Crippen LogP contribution in [0.15, 0.2) is 60.7 Å². The SMILES string of the molecule is CC(O)(CNC(CO)Cc1ccccc1)c1ccccc1. The average Bonchev–Trinajstić information content (AvgIpc) is 2.53. The van der Waals surface area contributed by atoms with E-state index in [0.29, 0.717) is 6.54 Å². The van der Waals surface area contributed by atoms with Crippen molar-refractivity contribution in [2.75, 3.05) is 13.2 Å². The van der Waals surface area contributed by atoms with Gasteiger partial charge < -0.3 is 15.5 Å². The Morgan fingerprint density at radius 1 is 1.00 bits per heavy atom. The van der Waals surface area contributed by atoms with E-state index in [9.17, 15) is 10.2 Å². The summed E-state index contributed by atoms with van der Waals surface area (Å²) in [7, 11) is 0. The van der Waals surface area contributed by atoms with Crippen molar-refractivity contribution < 1.29 is 10.2 Å². The molecule has 2 rings (SSSR count). The van der Waals surface area contributed by atoms with Gasteiger partial charge in [0.05, 0.1) is 12.2 Å². The van der Waals surface area contributed by atoms with Crippen molar-refractivity contribution in [3.05, 3.63) is 71.8 Å². The van der Waals surface area contributed by atoms with Crippen LogP contribution in [0, 0.1) is 0 Å². The summed E-state index contributed by atoms with van der Waals surface area (Å²) in [5, 5.41) is 23.3. The number of aliphatic hydroxyl groups is 2. The zero-order chi connectivity index (χ0) is 15.1. The topological polar surface area (TPSA) is 52.5 Å². The molecule has 0 saturated heterocycles. The summed E-state index contributed by atoms with van der Waals surface area (Å²) in [6.07, 6.45) is 0.738. The Kier molecular flexibility index (Phi) is 5.51. The molecule has 0 heterocycles. The standard InChI is InChI=1S/C18H23NO2/c1-18(21,16-10-6-3-7-11-16)14-19-17(13-20)12-15-8-4-2-5-9-15/h2-11,17,19-21H,12-14H2,1H3. The van der Waals surface area contributed by atoms with E-state index < -0.39 is 5.60 Å². The molecule has 2 atom stereocenters. The third-order valence-electron chi connectivity index (χ3n) is 3.68. The molecule has 2 aromatic carbocycles. The van der Waals surface area contributed by atoms with E-state index in [0.717, 1.165) is 12.0 Å². The largest absolute Gasteiger partial charge is 0.395 e. The highest BCUT2D eigenvalue weighted by Gasteiger charge is 2.23. The lowest BCUT2D eigenvalue weighted by Crippen LogP contribution is -2.43. The van der Waals surface area contributed by atoms with E-state index in [2.05, 4.69) is 5.32 Å². The Labute approximate surface area is 126 Å². The molecule has 2 unspecified atom stereocenters. The summed E-state index contributed by atoms with van der Waals surface area (Å²) in [5.74, 6) is 0. The van der Waals surface area contributed by atoms with Gasteiger partial charge in [-0.2, -0.15) is 0 Å². The van der Waals surface area contributed by atoms with Crippen molar-refractivity contribution in [1.29, 1.82) is 0 Å². The van der Waals surface area contributed by atoms with Crippen LogP contribution in [-0.4, -0.2) is 29.4 Å². The van der Waals surface area contributed by atoms with Gasteiger partial charge in [0.1, 0.15) is 0 Å². The van der Waals surface area contributed by atoms with Crippen LogP contribution in [0.5, 0.6) is 0 Å². The smallest absolute Gasteiger partial charge is 0.0992 e. The number of benzene rings is 2. The van der Waals surface area contributed by atoms with Crippen LogP contribution in [0.3, 0.4) is 0 Å². The minimum absolute atomic E-state index is 0.0414. The Morgan fingerprint density at radius 3 is 2.14 bits per heavy atom. The molecule has 21 heavy (non-hydrogen) atoms. The van der Waals surface area contributed by atoms with E-state index in [-0.39, 0.29) is 12.6 Å². The van der Waals surface area contributed by atoms with Crippen molar-refractivity contribution in [2.24, 2.45) is 0 Å². The summed E-state index contributed by atoms with van der Waals surface area (Å²) >= 11 is 0. The zero-order valence-electron chi connectivity index (χ0n) is 12.4. The second-order valence-corrected chi connectivity index (χ2v) is 5.59. The lowest BCUT2D eigenvalue weighted by molar-refractivity contribution is 0.0509. The molecule has 0 spiro atoms. The molecule has 0 aliphatic heterocycles. The van der Waals surface area contributed by atoms with Gasteiger partial charge in [0.15, 0.2) is 0 Å². The fraction of sp³-hybridized carbons (Fsp3) is 0.333. The minimum atomic E-state index is -0.953. The van der Waals surface area contributed by atoms with Crippen LogP contribution in [0.2, 0.25) is 0 Å². The maximum Gasteiger partial charge on any atom is 0.0992 e. The lowest BCUT2D eigenvalue weighted by atomic mass is 9.95. The Hall–Kier alpha value is -1.68. The monoisotopic (exact) mass is 285 g/mol. The molecule has 3 nitrogen and oxygen atoms in total. The van der Waals surface area contributed by atoms with Crippen LogP contribution in [0.1, 0.15) is 18.1 Å². The molecular formula is C18H23NO2. The maximum atomic E-state index is 10.6. The molecule has 112 valence electrons. The predicted octanol–water partition coefficient (Wildman–Crippen LogP) is 2.09. The first-order valence-electron chi connectivity index (χ1n) is 7.28. The number of rotatable bonds is 7. The van der Waals surface area contributed by atoms with Crippen LogP contribution < -0.4 is 5.32 Å². The van der Waals surface area contributed by atoms with Gasteiger partial charge >= 0.3 is 0 Å². The summed E-state index contributed by atoms with van der Waals surface area (Å²) in [6.45, 7) is 2.22. The Bertz CT molecular complexity index is 525. The van der Waals surface area contributed by atoms with Crippen molar-refractivity contribution in [2.45, 2.75) is 25.0 Å². The van der Waals surface area contributed by atoms with E-state index >= 15 is 0 Å². The molecule has 0 radical (unpaired) electrons. The average molecular weight is 285 g/mol. The minimum Gasteiger partial charge on any atom is -0.395 e. The lowest BCUT2D eigenvalue weighted by Gasteiger charge is -2.27. The van der Waals surface area contributed by atoms with E-state index in [4.69, 9.17) is 0 Å². The molecule has 0 aliphatic carbocycles. The van der Waals surface area contributed by atoms with Gasteiger partial charge in [0.25, 0.3) is 0 Å². The van der Waals surface area contributed by atoms with E-state index in [1.54, 1.807) is 6.92 Å². The predicted molar refractivity (Wildman–Crippen MR) is 85.0 cm³/mol. The molecule has 3 heteroatoms. The van der Waals surface area contributed by atoms with Gasteiger partial charge in [0.2, 0.25) is 0 Å². The molecule has 3 N–H and O–H groups in total. The van der Waals surface area contributed by atoms with Crippen molar-refractivity contribution in [3.63, 3.8) is 0 Å². The zero-order valence-corrected chi connectivity index (χ0v) is 12.4. The van der Waals surface area contributed by atoms with Crippen molar-refractivity contribution >= 4 is 0 Å². The Balaban J connectivity index is 1.94. The molecular weight excluding hydrogens is 262 g/mol. The van der Waals surface area contributed by atoms with Gasteiger partial charge in [-0.1, -0.05) is 60.7 Å². The number of hydrogen-bond acceptors (Lipinski definition) is 3. The first kappa shape index (κ1) is 15.7. The molecule has 0 fully saturated rings. The second kappa shape index (κ2) is 7.36. The summed E-state index contributed by atoms with van der Waals surface area (Å²) in [5.41, 5.74) is 1.09. The first-order chi connectivity index (χ1) is 10.1. The molecule has 0 bridgehead atoms. The molecule has 2 aromatic rings. The van der Waals surface area contributed by atoms with Gasteiger partial charge in [0, 0.05) is 12.6 Å². The molecule has 0 aliphatic rings. The number of nitrogens with one attached hydrogen (secondary N) is 1. The highest BCUT2D eigenvalue weighted by atomic mass is 16.3. The van der Waals surface area contributed by atoms with Crippen molar-refractivity contribution in [1.82, 2.24) is 5.32 Å². The fourth-order valence-corrected chi connectivity index (χ4v) is 2.34. The molecule has 0 aromatic heterocycles. The normalized spacial score (nSPS) is 15.4. The first-order valence-corrected chi connectivity index (χ1v) is 7.28. The number of aliphatic hydroxyl groups excluding tert-OH is 1. The van der Waals surface area contributed by atoms with Gasteiger partial charge in [-0.3, -0.25) is 0 Å². The quantitative estimate of drug-likeness (QED) is 0.730. The maximum absolute atomic E-state index is 10.6. The molecule has 0 saturated carbocycles. The second-order valence-electron chi connectivity index (χ2n) is 5.59. The van der Waals surface area contributed by atoms with Gasteiger partial charge in [-0.25, -0.2) is 0 Å². The van der Waals surface area contributed by atoms with Crippen LogP contribution in [0.25, 0.3) is 0 Å². The van der Waals surface area contributed by atoms with Gasteiger partial charge in [-0.15, -0.1) is 0 Å². The highest BCUT2D eigenvalue weighted by Crippen LogP contribution is 2.19. The third kappa shape index (κ3) is 4.67. The van der Waals surface area contributed by atoms with Crippen LogP contribution >= 0.6 is 0 Å². The summed E-state index contributed by atoms with van der Waals surface area (Å²) in [6, 6.07) is 19.5. The van der Waals surface area contributed by atoms with Crippen LogP contribution in [0.4, 0.5) is 0 Å². The van der Waals surface area contributed by atoms with Crippen LogP contribution in [-0.2, 0) is 12.0 Å². The number of hydrogen-bond donors (Lipinski definition) is 3. The van der Waals surface area contributed by atoms with E-state index in [1.165, 1.54) is 5.56 Å². The summed E-state index contributed by atoms with van der Waals surface area (Å²) in [4.78, 5) is 0. The fourth-order valence-electron chi connectivity index (χ4n) is 2.34. The van der Waals surface area contributed by atoms with Gasteiger partial charge in [-0.05, 0) is 24.5 Å². The van der Waals surface area contributed by atoms with E-state index in [1.807, 2.05) is 60.7 Å². The third-order valence-corrected chi connectivity index (χ3v) is 3.68. The highest BCUT2D eigenvalue weighted by molar-refractivity contribution is 5.22. The summed E-state index contributed by atoms with van der Waals surface area (Å²) < 4.78 is 0. The molecule has 0 amide bonds.